The Morgan fingerprint density at radius 1 is 1.32 bits per heavy atom. The summed E-state index contributed by atoms with van der Waals surface area (Å²) in [6.45, 7) is 10.1. The lowest BCUT2D eigenvalue weighted by molar-refractivity contribution is -0.409. The number of hydrogen-bond acceptors (Lipinski definition) is 5. The fraction of sp³-hybridized carbons (Fsp3) is 0.850. The Kier molecular flexibility index (Phi) is 6.02. The molecule has 0 unspecified atom stereocenters. The molecule has 0 radical (unpaired) electrons. The Bertz CT molecular complexity index is 494. The molecule has 0 bridgehead atoms. The van der Waals surface area contributed by atoms with Crippen LogP contribution in [0.15, 0.2) is 11.6 Å². The van der Waals surface area contributed by atoms with Crippen LogP contribution >= 0.6 is 0 Å². The molecule has 1 aliphatic heterocycles. The second kappa shape index (κ2) is 7.37. The van der Waals surface area contributed by atoms with E-state index in [9.17, 15) is 9.90 Å². The molecule has 0 aromatic carbocycles. The van der Waals surface area contributed by atoms with Crippen LogP contribution in [-0.2, 0) is 19.3 Å². The zero-order valence-corrected chi connectivity index (χ0v) is 16.6. The molecule has 1 N–H and O–H groups in total. The maximum absolute atomic E-state index is 11.7. The third-order valence-corrected chi connectivity index (χ3v) is 5.97. The van der Waals surface area contributed by atoms with E-state index in [-0.39, 0.29) is 23.4 Å². The molecular formula is C20H34O5. The summed E-state index contributed by atoms with van der Waals surface area (Å²) in [4.78, 5) is 22.9. The van der Waals surface area contributed by atoms with Crippen LogP contribution in [0, 0.1) is 11.3 Å². The Morgan fingerprint density at radius 2 is 2.00 bits per heavy atom. The molecule has 0 spiro atoms. The quantitative estimate of drug-likeness (QED) is 0.470. The van der Waals surface area contributed by atoms with Gasteiger partial charge >= 0.3 is 5.97 Å². The summed E-state index contributed by atoms with van der Waals surface area (Å²) in [6, 6.07) is 0. The first-order valence-corrected chi connectivity index (χ1v) is 9.37. The lowest BCUT2D eigenvalue weighted by atomic mass is 9.65. The number of ether oxygens (including phenoxy) is 1. The largest absolute Gasteiger partial charge is 0.469 e. The number of rotatable bonds is 4. The zero-order valence-electron chi connectivity index (χ0n) is 16.6. The maximum Gasteiger partial charge on any atom is 0.311 e. The van der Waals surface area contributed by atoms with Crippen LogP contribution in [0.25, 0.3) is 0 Å². The molecule has 1 aliphatic carbocycles. The summed E-state index contributed by atoms with van der Waals surface area (Å²) in [7, 11) is 1.39. The van der Waals surface area contributed by atoms with Gasteiger partial charge in [0, 0.05) is 0 Å². The van der Waals surface area contributed by atoms with Crippen molar-refractivity contribution in [1.82, 2.24) is 0 Å². The molecular weight excluding hydrogens is 320 g/mol. The minimum atomic E-state index is -0.754. The average molecular weight is 354 g/mol. The summed E-state index contributed by atoms with van der Waals surface area (Å²) >= 11 is 0. The number of methoxy groups -OCH3 is 1. The first-order valence-electron chi connectivity index (χ1n) is 9.37. The molecule has 0 aromatic heterocycles. The lowest BCUT2D eigenvalue weighted by Gasteiger charge is -2.44. The van der Waals surface area contributed by atoms with Crippen LogP contribution in [0.1, 0.15) is 73.1 Å². The monoisotopic (exact) mass is 354 g/mol. The highest BCUT2D eigenvalue weighted by molar-refractivity contribution is 5.72. The topological polar surface area (TPSA) is 65.0 Å². The summed E-state index contributed by atoms with van der Waals surface area (Å²) in [5.74, 6) is -0.620. The van der Waals surface area contributed by atoms with Crippen molar-refractivity contribution in [2.75, 3.05) is 7.11 Å². The molecule has 2 rings (SSSR count). The Hall–Kier alpha value is -0.910. The normalized spacial score (nSPS) is 38.4. The van der Waals surface area contributed by atoms with Crippen molar-refractivity contribution in [3.63, 3.8) is 0 Å². The predicted octanol–water partition coefficient (Wildman–Crippen LogP) is 3.94. The minimum absolute atomic E-state index is 0.00440. The molecule has 1 heterocycles. The zero-order chi connectivity index (χ0) is 18.9. The Balaban J connectivity index is 2.02. The Labute approximate surface area is 151 Å². The van der Waals surface area contributed by atoms with Crippen molar-refractivity contribution in [3.8, 4) is 0 Å². The van der Waals surface area contributed by atoms with E-state index >= 15 is 0 Å². The predicted molar refractivity (Wildman–Crippen MR) is 95.7 cm³/mol. The highest BCUT2D eigenvalue weighted by Gasteiger charge is 2.42. The molecule has 1 saturated heterocycles. The second-order valence-electron chi connectivity index (χ2n) is 8.85. The molecule has 2 fully saturated rings. The van der Waals surface area contributed by atoms with Gasteiger partial charge in [-0.15, -0.1) is 0 Å². The molecule has 0 aromatic rings. The molecule has 0 amide bonds. The number of carbonyl (C=O) groups excluding carboxylic acids is 1. The molecule has 4 atom stereocenters. The van der Waals surface area contributed by atoms with Crippen molar-refractivity contribution >= 4 is 5.97 Å². The van der Waals surface area contributed by atoms with Crippen molar-refractivity contribution < 1.29 is 24.4 Å². The average Bonchev–Trinajstić information content (AvgIpc) is 2.52. The molecule has 144 valence electrons. The van der Waals surface area contributed by atoms with Crippen molar-refractivity contribution in [1.29, 1.82) is 0 Å². The van der Waals surface area contributed by atoms with Crippen LogP contribution in [0.3, 0.4) is 0 Å². The SMILES string of the molecule is COC(=O)[C@H](C)[C@H]1CC[C@@](C)(C/C=C2/C(C)(C)CCC[C@@]2(C)O)OO1. The number of aliphatic hydroxyl groups is 1. The van der Waals surface area contributed by atoms with E-state index in [0.717, 1.165) is 37.7 Å². The van der Waals surface area contributed by atoms with Crippen LogP contribution in [0.4, 0.5) is 0 Å². The maximum atomic E-state index is 11.7. The number of hydrogen-bond donors (Lipinski definition) is 1. The van der Waals surface area contributed by atoms with E-state index in [1.165, 1.54) is 7.11 Å². The van der Waals surface area contributed by atoms with E-state index in [2.05, 4.69) is 19.9 Å². The van der Waals surface area contributed by atoms with E-state index in [1.807, 2.05) is 13.8 Å². The molecule has 5 heteroatoms. The van der Waals surface area contributed by atoms with Crippen molar-refractivity contribution in [2.24, 2.45) is 11.3 Å². The molecule has 2 aliphatic rings. The van der Waals surface area contributed by atoms with Gasteiger partial charge in [-0.2, -0.15) is 0 Å². The third-order valence-electron chi connectivity index (χ3n) is 5.97. The summed E-state index contributed by atoms with van der Waals surface area (Å²) in [5, 5.41) is 10.8. The van der Waals surface area contributed by atoms with E-state index in [4.69, 9.17) is 14.5 Å². The van der Waals surface area contributed by atoms with Gasteiger partial charge in [-0.05, 0) is 70.3 Å². The van der Waals surface area contributed by atoms with Gasteiger partial charge in [0.2, 0.25) is 0 Å². The fourth-order valence-electron chi connectivity index (χ4n) is 4.21. The van der Waals surface area contributed by atoms with Gasteiger partial charge in [-0.1, -0.05) is 19.9 Å². The molecule has 5 nitrogen and oxygen atoms in total. The van der Waals surface area contributed by atoms with Gasteiger partial charge in [-0.3, -0.25) is 4.79 Å². The van der Waals surface area contributed by atoms with Gasteiger partial charge in [0.25, 0.3) is 0 Å². The smallest absolute Gasteiger partial charge is 0.311 e. The molecule has 25 heavy (non-hydrogen) atoms. The van der Waals surface area contributed by atoms with Crippen molar-refractivity contribution in [3.05, 3.63) is 11.6 Å². The van der Waals surface area contributed by atoms with Gasteiger partial charge in [0.1, 0.15) is 11.7 Å². The van der Waals surface area contributed by atoms with Gasteiger partial charge < -0.3 is 9.84 Å². The van der Waals surface area contributed by atoms with Crippen molar-refractivity contribution in [2.45, 2.75) is 90.4 Å². The lowest BCUT2D eigenvalue weighted by Crippen LogP contribution is -2.42. The first kappa shape index (κ1) is 20.4. The number of esters is 1. The third kappa shape index (κ3) is 4.63. The highest BCUT2D eigenvalue weighted by atomic mass is 17.2. The van der Waals surface area contributed by atoms with Gasteiger partial charge in [-0.25, -0.2) is 9.78 Å². The second-order valence-corrected chi connectivity index (χ2v) is 8.85. The van der Waals surface area contributed by atoms with Crippen LogP contribution in [-0.4, -0.2) is 35.5 Å². The number of carbonyl (C=O) groups is 1. The Morgan fingerprint density at radius 3 is 2.52 bits per heavy atom. The fourth-order valence-corrected chi connectivity index (χ4v) is 4.21. The van der Waals surface area contributed by atoms with Gasteiger partial charge in [0.05, 0.1) is 18.6 Å². The molecule has 1 saturated carbocycles. The summed E-state index contributed by atoms with van der Waals surface area (Å²) in [5.41, 5.74) is -0.102. The van der Waals surface area contributed by atoms with E-state index < -0.39 is 11.2 Å². The van der Waals surface area contributed by atoms with E-state index in [0.29, 0.717) is 6.42 Å². The summed E-state index contributed by atoms with van der Waals surface area (Å²) < 4.78 is 4.78. The van der Waals surface area contributed by atoms with Crippen LogP contribution in [0.2, 0.25) is 0 Å². The summed E-state index contributed by atoms with van der Waals surface area (Å²) in [6.07, 6.45) is 7.02. The van der Waals surface area contributed by atoms with Crippen LogP contribution < -0.4 is 0 Å². The standard InChI is InChI=1S/C20H34O5/c1-14(17(21)23-6)15-8-12-19(4,25-24-15)13-9-16-18(2,3)10-7-11-20(16,5)22/h9,14-15,22H,7-8,10-13H2,1-6H3/b16-9-/t14-,15-,19+,20-/m1/s1. The highest BCUT2D eigenvalue weighted by Crippen LogP contribution is 2.46. The van der Waals surface area contributed by atoms with E-state index in [1.54, 1.807) is 6.92 Å². The minimum Gasteiger partial charge on any atom is -0.469 e. The first-order chi connectivity index (χ1) is 11.5. The van der Waals surface area contributed by atoms with Crippen LogP contribution in [0.5, 0.6) is 0 Å². The van der Waals surface area contributed by atoms with Gasteiger partial charge in [0.15, 0.2) is 0 Å².